The highest BCUT2D eigenvalue weighted by Crippen LogP contribution is 2.30. The number of aryl methyl sites for hydroxylation is 1. The average Bonchev–Trinajstić information content (AvgIpc) is 3.64. The van der Waals surface area contributed by atoms with Crippen molar-refractivity contribution in [2.75, 3.05) is 0 Å². The zero-order chi connectivity index (χ0) is 31.1. The van der Waals surface area contributed by atoms with Gasteiger partial charge in [0.25, 0.3) is 5.09 Å². The summed E-state index contributed by atoms with van der Waals surface area (Å²) in [5, 5.41) is 32.0. The number of halogens is 1. The Morgan fingerprint density at radius 2 is 1.77 bits per heavy atom. The lowest BCUT2D eigenvalue weighted by Crippen LogP contribution is -2.20. The number of hydrogen-bond acceptors (Lipinski definition) is 10. The topological polar surface area (TPSA) is 160 Å². The zero-order valence-electron chi connectivity index (χ0n) is 23.7. The maximum Gasteiger partial charge on any atom is 0.459 e. The van der Waals surface area contributed by atoms with E-state index >= 15 is 0 Å². The molecule has 0 saturated carbocycles. The van der Waals surface area contributed by atoms with Crippen molar-refractivity contribution in [3.63, 3.8) is 0 Å². The molecule has 2 heterocycles. The molecule has 0 unspecified atom stereocenters. The van der Waals surface area contributed by atoms with Crippen LogP contribution in [0.1, 0.15) is 42.4 Å². The fourth-order valence-corrected chi connectivity index (χ4v) is 4.91. The van der Waals surface area contributed by atoms with Crippen LogP contribution in [0.25, 0.3) is 22.5 Å². The highest BCUT2D eigenvalue weighted by atomic mass is 35.5. The minimum atomic E-state index is -0.945. The first-order valence-corrected chi connectivity index (χ1v) is 14.2. The van der Waals surface area contributed by atoms with E-state index in [-0.39, 0.29) is 18.2 Å². The number of imidazole rings is 1. The summed E-state index contributed by atoms with van der Waals surface area (Å²) in [7, 11) is 0. The van der Waals surface area contributed by atoms with E-state index in [1.165, 1.54) is 12.1 Å². The van der Waals surface area contributed by atoms with Crippen LogP contribution in [0, 0.1) is 10.1 Å². The van der Waals surface area contributed by atoms with Gasteiger partial charge in [-0.25, -0.2) is 9.78 Å². The van der Waals surface area contributed by atoms with Gasteiger partial charge in [0.1, 0.15) is 18.2 Å². The number of aliphatic hydroxyl groups excluding tert-OH is 1. The van der Waals surface area contributed by atoms with Crippen molar-refractivity contribution in [2.45, 2.75) is 45.9 Å². The molecule has 0 bridgehead atoms. The van der Waals surface area contributed by atoms with Crippen molar-refractivity contribution < 1.29 is 24.6 Å². The van der Waals surface area contributed by atoms with Gasteiger partial charge in [0.15, 0.2) is 5.15 Å². The molecule has 2 aromatic heterocycles. The second kappa shape index (κ2) is 13.9. The third kappa shape index (κ3) is 6.90. The van der Waals surface area contributed by atoms with E-state index in [0.717, 1.165) is 41.8 Å². The maximum absolute atomic E-state index is 12.8. The molecular formula is C30H28ClN7O6. The Hall–Kier alpha value is -5.14. The van der Waals surface area contributed by atoms with Crippen LogP contribution in [0.2, 0.25) is 5.15 Å². The van der Waals surface area contributed by atoms with Crippen molar-refractivity contribution in [2.24, 2.45) is 0 Å². The molecule has 44 heavy (non-hydrogen) atoms. The molecule has 0 saturated heterocycles. The quantitative estimate of drug-likeness (QED) is 0.140. The largest absolute Gasteiger partial charge is 0.459 e. The minimum Gasteiger partial charge on any atom is -0.407 e. The molecule has 14 heteroatoms. The van der Waals surface area contributed by atoms with Gasteiger partial charge in [-0.1, -0.05) is 96.5 Å². The standard InChI is InChI=1S/C30H28ClN7O6/c1-2-3-12-27-32-28(31)25(18-39)36(27)17-20-13-15-21(16-14-20)23-9-5-6-10-24(23)29-33-35-37(34-29)30(40)44-26-11-7-4-8-22(26)19-43-38(41)42/h4-11,13-16,39H,2-3,12,17-19H2,1H3. The molecule has 0 radical (unpaired) electrons. The van der Waals surface area contributed by atoms with Crippen molar-refractivity contribution in [1.82, 2.24) is 29.8 Å². The molecule has 0 fully saturated rings. The van der Waals surface area contributed by atoms with Crippen molar-refractivity contribution >= 4 is 17.7 Å². The van der Waals surface area contributed by atoms with E-state index in [0.29, 0.717) is 33.3 Å². The number of para-hydroxylation sites is 1. The second-order valence-corrected chi connectivity index (χ2v) is 10.1. The second-order valence-electron chi connectivity index (χ2n) is 9.73. The number of aromatic nitrogens is 6. The third-order valence-corrected chi connectivity index (χ3v) is 7.15. The Morgan fingerprint density at radius 1 is 1.05 bits per heavy atom. The van der Waals surface area contributed by atoms with E-state index in [1.54, 1.807) is 12.1 Å². The molecule has 1 N–H and O–H groups in total. The number of nitrogens with zero attached hydrogens (tertiary/aromatic N) is 7. The van der Waals surface area contributed by atoms with Crippen molar-refractivity contribution in [3.8, 4) is 28.3 Å². The van der Waals surface area contributed by atoms with Gasteiger partial charge in [0.05, 0.1) is 12.3 Å². The average molecular weight is 618 g/mol. The lowest BCUT2D eigenvalue weighted by molar-refractivity contribution is -0.763. The Morgan fingerprint density at radius 3 is 2.50 bits per heavy atom. The summed E-state index contributed by atoms with van der Waals surface area (Å²) in [6, 6.07) is 21.6. The highest BCUT2D eigenvalue weighted by Gasteiger charge is 2.19. The first-order chi connectivity index (χ1) is 21.4. The Kier molecular flexibility index (Phi) is 9.57. The van der Waals surface area contributed by atoms with E-state index in [9.17, 15) is 20.0 Å². The first-order valence-electron chi connectivity index (χ1n) is 13.8. The molecule has 5 rings (SSSR count). The predicted octanol–water partition coefficient (Wildman–Crippen LogP) is 5.50. The van der Waals surface area contributed by atoms with Crippen LogP contribution < -0.4 is 4.74 Å². The molecule has 13 nitrogen and oxygen atoms in total. The smallest absolute Gasteiger partial charge is 0.407 e. The number of unbranched alkanes of at least 4 members (excludes halogenated alkanes) is 1. The Balaban J connectivity index is 1.35. The Labute approximate surface area is 256 Å². The minimum absolute atomic E-state index is 0.0697. The summed E-state index contributed by atoms with van der Waals surface area (Å²) in [5.41, 5.74) is 4.24. The van der Waals surface area contributed by atoms with E-state index < -0.39 is 17.8 Å². The van der Waals surface area contributed by atoms with Gasteiger partial charge in [-0.2, -0.15) is 0 Å². The maximum atomic E-state index is 12.8. The van der Waals surface area contributed by atoms with E-state index in [4.69, 9.17) is 16.3 Å². The number of benzene rings is 3. The lowest BCUT2D eigenvalue weighted by Gasteiger charge is -2.12. The number of rotatable bonds is 12. The number of carbonyl (C=O) groups is 1. The van der Waals surface area contributed by atoms with Crippen LogP contribution in [0.3, 0.4) is 0 Å². The molecule has 0 atom stereocenters. The number of aliphatic hydroxyl groups is 1. The molecule has 5 aromatic rings. The van der Waals surface area contributed by atoms with Crippen molar-refractivity contribution in [1.29, 1.82) is 0 Å². The van der Waals surface area contributed by atoms with E-state index in [1.807, 2.05) is 53.1 Å². The number of tetrazole rings is 1. The van der Waals surface area contributed by atoms with Gasteiger partial charge in [-0.05, 0) is 34.4 Å². The number of hydrogen-bond donors (Lipinski definition) is 1. The molecule has 0 aliphatic rings. The number of ether oxygens (including phenoxy) is 1. The summed E-state index contributed by atoms with van der Waals surface area (Å²) in [6.07, 6.45) is 1.81. The van der Waals surface area contributed by atoms with Gasteiger partial charge in [-0.3, -0.25) is 0 Å². The highest BCUT2D eigenvalue weighted by molar-refractivity contribution is 6.30. The van der Waals surface area contributed by atoms with Crippen LogP contribution >= 0.6 is 11.6 Å². The molecular weight excluding hydrogens is 590 g/mol. The van der Waals surface area contributed by atoms with Gasteiger partial charge in [0.2, 0.25) is 5.82 Å². The third-order valence-electron chi connectivity index (χ3n) is 6.85. The Bertz CT molecular complexity index is 1770. The van der Waals surface area contributed by atoms with Crippen LogP contribution in [-0.4, -0.2) is 46.0 Å². The zero-order valence-corrected chi connectivity index (χ0v) is 24.4. The molecule has 0 aliphatic heterocycles. The monoisotopic (exact) mass is 617 g/mol. The van der Waals surface area contributed by atoms with Gasteiger partial charge in [0, 0.05) is 24.1 Å². The number of carbonyl (C=O) groups excluding carboxylic acids is 1. The summed E-state index contributed by atoms with van der Waals surface area (Å²) < 4.78 is 7.33. The van der Waals surface area contributed by atoms with Crippen LogP contribution in [0.15, 0.2) is 72.8 Å². The normalized spacial score (nSPS) is 11.0. The fraction of sp³-hybridized carbons (Fsp3) is 0.233. The first kappa shape index (κ1) is 30.3. The van der Waals surface area contributed by atoms with E-state index in [2.05, 4.69) is 32.2 Å². The lowest BCUT2D eigenvalue weighted by atomic mass is 9.98. The molecule has 226 valence electrons. The molecule has 0 amide bonds. The predicted molar refractivity (Wildman–Crippen MR) is 159 cm³/mol. The molecule has 0 aliphatic carbocycles. The summed E-state index contributed by atoms with van der Waals surface area (Å²) >= 11 is 6.30. The van der Waals surface area contributed by atoms with Crippen LogP contribution in [0.5, 0.6) is 5.75 Å². The summed E-state index contributed by atoms with van der Waals surface area (Å²) in [4.78, 5) is 33.0. The summed E-state index contributed by atoms with van der Waals surface area (Å²) in [5.74, 6) is 1.12. The van der Waals surface area contributed by atoms with Gasteiger partial charge in [-0.15, -0.1) is 20.3 Å². The van der Waals surface area contributed by atoms with Crippen LogP contribution in [0.4, 0.5) is 4.79 Å². The molecule has 0 spiro atoms. The van der Waals surface area contributed by atoms with Gasteiger partial charge >= 0.3 is 6.09 Å². The molecule has 3 aromatic carbocycles. The van der Waals surface area contributed by atoms with Crippen LogP contribution in [-0.2, 0) is 31.0 Å². The van der Waals surface area contributed by atoms with Gasteiger partial charge < -0.3 is 19.2 Å². The summed E-state index contributed by atoms with van der Waals surface area (Å²) in [6.45, 7) is 2.03. The fourth-order valence-electron chi connectivity index (χ4n) is 4.65. The van der Waals surface area contributed by atoms with Crippen molar-refractivity contribution in [3.05, 3.63) is 111 Å². The SMILES string of the molecule is CCCCc1nc(Cl)c(CO)n1Cc1ccc(-c2ccccc2-c2nnn(C(=O)Oc3ccccc3CO[N+](=O)[O-])n2)cc1.